The summed E-state index contributed by atoms with van der Waals surface area (Å²) in [6.07, 6.45) is 1.02. The number of benzene rings is 1. The second-order valence-electron chi connectivity index (χ2n) is 4.92. The molecule has 1 aromatic rings. The number of rotatable bonds is 3. The summed E-state index contributed by atoms with van der Waals surface area (Å²) in [5.74, 6) is 6.19. The molecule has 0 radical (unpaired) electrons. The zero-order valence-corrected chi connectivity index (χ0v) is 11.7. The molecule has 0 spiro atoms. The predicted molar refractivity (Wildman–Crippen MR) is 78.4 cm³/mol. The molecule has 20 heavy (non-hydrogen) atoms. The number of hydrogen-bond donors (Lipinski definition) is 2. The number of ether oxygens (including phenoxy) is 1. The van der Waals surface area contributed by atoms with E-state index in [1.165, 1.54) is 0 Å². The summed E-state index contributed by atoms with van der Waals surface area (Å²) >= 11 is 0. The molecule has 0 aliphatic carbocycles. The van der Waals surface area contributed by atoms with Gasteiger partial charge >= 0.3 is 0 Å². The molecule has 1 heterocycles. The maximum absolute atomic E-state index is 12.2. The molecule has 1 atom stereocenters. The average Bonchev–Trinajstić information content (AvgIpc) is 2.97. The van der Waals surface area contributed by atoms with Crippen molar-refractivity contribution < 1.29 is 9.53 Å². The van der Waals surface area contributed by atoms with Gasteiger partial charge < -0.3 is 15.8 Å². The van der Waals surface area contributed by atoms with Crippen molar-refractivity contribution in [3.8, 4) is 11.8 Å². The Labute approximate surface area is 119 Å². The lowest BCUT2D eigenvalue weighted by atomic mass is 10.0. The first-order valence-corrected chi connectivity index (χ1v) is 6.87. The molecule has 0 bridgehead atoms. The largest absolute Gasteiger partial charge is 0.381 e. The first kappa shape index (κ1) is 14.6. The van der Waals surface area contributed by atoms with Crippen LogP contribution in [0.1, 0.15) is 27.9 Å². The van der Waals surface area contributed by atoms with Gasteiger partial charge in [0.05, 0.1) is 13.2 Å². The van der Waals surface area contributed by atoms with Crippen molar-refractivity contribution in [1.82, 2.24) is 5.32 Å². The van der Waals surface area contributed by atoms with E-state index in [-0.39, 0.29) is 5.91 Å². The second kappa shape index (κ2) is 7.09. The molecule has 1 aromatic carbocycles. The SMILES string of the molecule is Cc1c(C#CCN)cccc1C(=O)NCC1CCOC1. The summed E-state index contributed by atoms with van der Waals surface area (Å²) in [5, 5.41) is 2.97. The lowest BCUT2D eigenvalue weighted by molar-refractivity contribution is 0.0944. The van der Waals surface area contributed by atoms with Crippen molar-refractivity contribution in [3.05, 3.63) is 34.9 Å². The highest BCUT2D eigenvalue weighted by Gasteiger charge is 2.17. The van der Waals surface area contributed by atoms with E-state index in [1.807, 2.05) is 25.1 Å². The third-order valence-electron chi connectivity index (χ3n) is 3.48. The van der Waals surface area contributed by atoms with Gasteiger partial charge in [0.25, 0.3) is 5.91 Å². The van der Waals surface area contributed by atoms with Crippen LogP contribution < -0.4 is 11.1 Å². The highest BCUT2D eigenvalue weighted by molar-refractivity contribution is 5.96. The predicted octanol–water partition coefficient (Wildman–Crippen LogP) is 1.07. The number of nitrogens with two attached hydrogens (primary N) is 1. The lowest BCUT2D eigenvalue weighted by Crippen LogP contribution is -2.30. The summed E-state index contributed by atoms with van der Waals surface area (Å²) in [6, 6.07) is 5.57. The topological polar surface area (TPSA) is 64.4 Å². The van der Waals surface area contributed by atoms with Crippen LogP contribution in [0.15, 0.2) is 18.2 Å². The molecule has 106 valence electrons. The van der Waals surface area contributed by atoms with Crippen molar-refractivity contribution in [3.63, 3.8) is 0 Å². The normalized spacial score (nSPS) is 17.4. The molecule has 1 unspecified atom stereocenters. The summed E-state index contributed by atoms with van der Waals surface area (Å²) < 4.78 is 5.30. The molecule has 1 aliphatic rings. The third-order valence-corrected chi connectivity index (χ3v) is 3.48. The van der Waals surface area contributed by atoms with Crippen LogP contribution in [-0.2, 0) is 4.74 Å². The minimum atomic E-state index is -0.0502. The number of carbonyl (C=O) groups is 1. The molecule has 1 fully saturated rings. The van der Waals surface area contributed by atoms with Crippen LogP contribution in [0.2, 0.25) is 0 Å². The number of nitrogens with one attached hydrogen (secondary N) is 1. The molecular weight excluding hydrogens is 252 g/mol. The Hall–Kier alpha value is -1.83. The summed E-state index contributed by atoms with van der Waals surface area (Å²) in [5.41, 5.74) is 7.80. The van der Waals surface area contributed by atoms with Crippen molar-refractivity contribution in [1.29, 1.82) is 0 Å². The van der Waals surface area contributed by atoms with Crippen LogP contribution in [0.5, 0.6) is 0 Å². The van der Waals surface area contributed by atoms with Gasteiger partial charge in [-0.05, 0) is 31.0 Å². The number of hydrogen-bond acceptors (Lipinski definition) is 3. The number of carbonyl (C=O) groups excluding carboxylic acids is 1. The first-order chi connectivity index (χ1) is 9.72. The van der Waals surface area contributed by atoms with Crippen LogP contribution >= 0.6 is 0 Å². The van der Waals surface area contributed by atoms with Gasteiger partial charge in [0.2, 0.25) is 0 Å². The summed E-state index contributed by atoms with van der Waals surface area (Å²) in [7, 11) is 0. The molecule has 0 saturated carbocycles. The maximum Gasteiger partial charge on any atom is 0.251 e. The summed E-state index contributed by atoms with van der Waals surface area (Å²) in [6.45, 7) is 4.42. The minimum absolute atomic E-state index is 0.0502. The van der Waals surface area contributed by atoms with Crippen LogP contribution in [0.4, 0.5) is 0 Å². The maximum atomic E-state index is 12.2. The number of amides is 1. The van der Waals surface area contributed by atoms with Gasteiger partial charge in [-0.3, -0.25) is 4.79 Å². The zero-order valence-electron chi connectivity index (χ0n) is 11.7. The fourth-order valence-corrected chi connectivity index (χ4v) is 2.24. The Balaban J connectivity index is 2.05. The molecule has 1 amide bonds. The van der Waals surface area contributed by atoms with Crippen molar-refractivity contribution in [2.45, 2.75) is 13.3 Å². The fourth-order valence-electron chi connectivity index (χ4n) is 2.24. The van der Waals surface area contributed by atoms with Crippen LogP contribution in [0.25, 0.3) is 0 Å². The monoisotopic (exact) mass is 272 g/mol. The van der Waals surface area contributed by atoms with E-state index >= 15 is 0 Å². The van der Waals surface area contributed by atoms with Gasteiger partial charge in [0.1, 0.15) is 0 Å². The molecule has 1 aliphatic heterocycles. The molecule has 4 nitrogen and oxygen atoms in total. The molecule has 1 saturated heterocycles. The van der Waals surface area contributed by atoms with Crippen molar-refractivity contribution >= 4 is 5.91 Å². The third kappa shape index (κ3) is 3.60. The molecular formula is C16H20N2O2. The Morgan fingerprint density at radius 2 is 2.40 bits per heavy atom. The summed E-state index contributed by atoms with van der Waals surface area (Å²) in [4.78, 5) is 12.2. The van der Waals surface area contributed by atoms with Crippen molar-refractivity contribution in [2.24, 2.45) is 11.7 Å². The van der Waals surface area contributed by atoms with Gasteiger partial charge in [-0.1, -0.05) is 17.9 Å². The van der Waals surface area contributed by atoms with E-state index in [2.05, 4.69) is 17.2 Å². The molecule has 0 aromatic heterocycles. The fraction of sp³-hybridized carbons (Fsp3) is 0.438. The van der Waals surface area contributed by atoms with Crippen LogP contribution in [0.3, 0.4) is 0 Å². The van der Waals surface area contributed by atoms with E-state index < -0.39 is 0 Å². The van der Waals surface area contributed by atoms with Gasteiger partial charge in [0.15, 0.2) is 0 Å². The molecule has 2 rings (SSSR count). The Kier molecular flexibility index (Phi) is 5.16. The van der Waals surface area contributed by atoms with E-state index in [4.69, 9.17) is 10.5 Å². The Morgan fingerprint density at radius 1 is 1.55 bits per heavy atom. The molecule has 4 heteroatoms. The van der Waals surface area contributed by atoms with E-state index in [1.54, 1.807) is 0 Å². The highest BCUT2D eigenvalue weighted by Crippen LogP contribution is 2.14. The quantitative estimate of drug-likeness (QED) is 0.809. The highest BCUT2D eigenvalue weighted by atomic mass is 16.5. The Bertz CT molecular complexity index is 537. The average molecular weight is 272 g/mol. The molecule has 3 N–H and O–H groups in total. The van der Waals surface area contributed by atoms with E-state index in [9.17, 15) is 4.79 Å². The van der Waals surface area contributed by atoms with Gasteiger partial charge in [-0.25, -0.2) is 0 Å². The Morgan fingerprint density at radius 3 is 3.10 bits per heavy atom. The van der Waals surface area contributed by atoms with E-state index in [0.29, 0.717) is 24.6 Å². The van der Waals surface area contributed by atoms with Crippen molar-refractivity contribution in [2.75, 3.05) is 26.3 Å². The smallest absolute Gasteiger partial charge is 0.251 e. The second-order valence-corrected chi connectivity index (χ2v) is 4.92. The lowest BCUT2D eigenvalue weighted by Gasteiger charge is -2.11. The zero-order chi connectivity index (χ0) is 14.4. The standard InChI is InChI=1S/C16H20N2O2/c1-12-14(5-3-8-17)4-2-6-15(12)16(19)18-10-13-7-9-20-11-13/h2,4,6,13H,7-11,17H2,1H3,(H,18,19). The van der Waals surface area contributed by atoms with Gasteiger partial charge in [0, 0.05) is 30.2 Å². The van der Waals surface area contributed by atoms with Crippen LogP contribution in [-0.4, -0.2) is 32.2 Å². The minimum Gasteiger partial charge on any atom is -0.381 e. The van der Waals surface area contributed by atoms with Gasteiger partial charge in [-0.15, -0.1) is 0 Å². The van der Waals surface area contributed by atoms with Gasteiger partial charge in [-0.2, -0.15) is 0 Å². The van der Waals surface area contributed by atoms with Crippen LogP contribution in [0, 0.1) is 24.7 Å². The van der Waals surface area contributed by atoms with E-state index in [0.717, 1.165) is 30.8 Å². The first-order valence-electron chi connectivity index (χ1n) is 6.87.